The van der Waals surface area contributed by atoms with Crippen LogP contribution >= 0.6 is 0 Å². The van der Waals surface area contributed by atoms with Crippen LogP contribution in [0.4, 0.5) is 0 Å². The van der Waals surface area contributed by atoms with Crippen LogP contribution in [0.25, 0.3) is 0 Å². The molecule has 3 N–H and O–H groups in total. The van der Waals surface area contributed by atoms with Gasteiger partial charge in [-0.2, -0.15) is 0 Å². The Balaban J connectivity index is -0.00000000977. The minimum absolute atomic E-state index is 0. The summed E-state index contributed by atoms with van der Waals surface area (Å²) in [5.41, 5.74) is 0. The summed E-state index contributed by atoms with van der Waals surface area (Å²) in [4.78, 5) is 85.8. The van der Waals surface area contributed by atoms with Crippen molar-refractivity contribution in [3.05, 3.63) is 0 Å². The Morgan fingerprint density at radius 1 is 0.375 bits per heavy atom. The van der Waals surface area contributed by atoms with Crippen LogP contribution in [0.1, 0.15) is 0 Å². The molecule has 0 aliphatic rings. The molecular formula is C8H3Mg8O24+. The van der Waals surface area contributed by atoms with Crippen LogP contribution in [0.2, 0.25) is 0 Å². The molecule has 32 heteroatoms. The Bertz CT molecular complexity index is 267. The van der Waals surface area contributed by atoms with Gasteiger partial charge in [0.05, 0.1) is 0 Å². The average molecular weight is 678 g/mol. The maximum Gasteiger partial charge on any atom is 2.00 e. The Morgan fingerprint density at radius 3 is 0.425 bits per heavy atom. The van der Waals surface area contributed by atoms with Gasteiger partial charge in [0, 0.05) is 0 Å². The molecule has 194 valence electrons. The van der Waals surface area contributed by atoms with Crippen LogP contribution in [0, 0.1) is 0 Å². The van der Waals surface area contributed by atoms with Crippen LogP contribution in [-0.4, -0.2) is 252 Å². The molecule has 0 atom stereocenters. The van der Waals surface area contributed by atoms with E-state index < -0.39 is 0 Å². The standard InChI is InChI=1S/7CHO3.CO2.8Mg.H2O/c7*2-1-4-3;2-1-3;;;;;;;;;/h7*3H;;;;;;;;;;1H2/q7*-1;-2;8*+2;/p-6. The predicted molar refractivity (Wildman–Crippen MR) is 106 cm³/mol. The Kier molecular flexibility index (Phi) is 656. The molecular weight excluding hydrogens is 675 g/mol. The van der Waals surface area contributed by atoms with Crippen LogP contribution in [-0.2, 0) is 72.6 Å². The molecule has 0 rings (SSSR count). The van der Waals surface area contributed by atoms with Crippen molar-refractivity contribution in [1.82, 2.24) is 0 Å². The number of rotatable bonds is 7. The Hall–Kier alpha value is 1.57. The molecule has 0 unspecified atom stereocenters. The van der Waals surface area contributed by atoms with Gasteiger partial charge in [0.1, 0.15) is 0 Å². The first kappa shape index (κ1) is 113. The minimum Gasteiger partial charge on any atom is -0.870 e. The molecule has 0 aliphatic carbocycles. The fourth-order valence-corrected chi connectivity index (χ4v) is 0. The van der Waals surface area contributed by atoms with E-state index in [1.54, 1.807) is 0 Å². The van der Waals surface area contributed by atoms with Crippen LogP contribution in [0.5, 0.6) is 0 Å². The monoisotopic (exact) mass is 675 g/mol. The third kappa shape index (κ3) is 802. The van der Waals surface area contributed by atoms with Crippen LogP contribution < -0.4 is 31.4 Å². The predicted octanol–water partition coefficient (Wildman–Crippen LogP) is -14.1. The number of hydrogen-bond acceptors (Lipinski definition) is 24. The van der Waals surface area contributed by atoms with Gasteiger partial charge in [-0.1, -0.05) is 32.4 Å². The third-order valence-electron chi connectivity index (χ3n) is 0.245. The van der Waals surface area contributed by atoms with Gasteiger partial charge in [0.25, 0.3) is 0 Å². The normalized spacial score (nSPS) is 3.98. The van der Waals surface area contributed by atoms with Crippen molar-refractivity contribution in [3.8, 4) is 0 Å². The SMILES string of the molecule is O=[C-]OO.O=[C-]OO.O=[C-]O[O-].O=[C-]O[O-].O=[C-]O[O-].O=[C-]O[O-].O=[C-]O[O-].O=[C-][O-].[Mg+2].[Mg+2].[Mg+2].[Mg+2].[Mg+2].[Mg+2].[Mg+2].[Mg+2].[OH-]. The molecule has 0 heterocycles. The van der Waals surface area contributed by atoms with Crippen molar-refractivity contribution in [2.75, 3.05) is 0 Å². The van der Waals surface area contributed by atoms with Crippen molar-refractivity contribution in [3.63, 3.8) is 0 Å². The maximum atomic E-state index is 8.58. The van der Waals surface area contributed by atoms with Gasteiger partial charge in [-0.15, -0.1) is 0 Å². The van der Waals surface area contributed by atoms with Crippen molar-refractivity contribution in [2.24, 2.45) is 0 Å². The number of carbonyl (C=O) groups excluding carboxylic acids is 8. The molecule has 0 spiro atoms. The maximum absolute atomic E-state index is 8.58. The topological polar surface area (TPSA) is 410 Å². The molecule has 0 aromatic heterocycles. The number of hydrogen-bond donors (Lipinski definition) is 2. The molecule has 0 aliphatic heterocycles. The summed E-state index contributed by atoms with van der Waals surface area (Å²) in [5.74, 6) is 0. The van der Waals surface area contributed by atoms with E-state index in [9.17, 15) is 0 Å². The first-order valence-electron chi connectivity index (χ1n) is 4.46. The van der Waals surface area contributed by atoms with Crippen LogP contribution in [0.15, 0.2) is 0 Å². The average Bonchev–Trinajstić information content (AvgIpc) is 2.84. The summed E-state index contributed by atoms with van der Waals surface area (Å²) >= 11 is 0. The first-order chi connectivity index (χ1) is 14.8. The van der Waals surface area contributed by atoms with E-state index in [0.717, 1.165) is 12.9 Å². The summed E-state index contributed by atoms with van der Waals surface area (Å²) in [6, 6.07) is 0. The van der Waals surface area contributed by atoms with Gasteiger partial charge >= 0.3 is 184 Å². The Labute approximate surface area is 351 Å². The molecule has 0 amide bonds. The molecule has 0 aromatic carbocycles. The molecule has 0 saturated heterocycles. The van der Waals surface area contributed by atoms with Gasteiger partial charge in [0.15, 0.2) is 0 Å². The quantitative estimate of drug-likeness (QED) is 0.109. The fraction of sp³-hybridized carbons (Fsp3) is 0. The van der Waals surface area contributed by atoms with Crippen LogP contribution in [0.3, 0.4) is 0 Å². The van der Waals surface area contributed by atoms with E-state index in [0.29, 0.717) is 32.4 Å². The van der Waals surface area contributed by atoms with E-state index in [2.05, 4.69) is 34.2 Å². The second-order valence-electron chi connectivity index (χ2n) is 1.27. The zero-order valence-corrected chi connectivity index (χ0v) is 30.9. The second kappa shape index (κ2) is 231. The summed E-state index contributed by atoms with van der Waals surface area (Å²) < 4.78 is 0. The first-order valence-corrected chi connectivity index (χ1v) is 4.46. The summed E-state index contributed by atoms with van der Waals surface area (Å²) in [7, 11) is 0. The molecule has 24 nitrogen and oxygen atoms in total. The van der Waals surface area contributed by atoms with Gasteiger partial charge < -0.3 is 116 Å². The molecule has 0 saturated carbocycles. The van der Waals surface area contributed by atoms with Crippen molar-refractivity contribution < 1.29 is 120 Å². The minimum atomic E-state index is 0. The molecule has 0 aromatic rings. The molecule has 0 radical (unpaired) electrons. The molecule has 40 heavy (non-hydrogen) atoms. The fourth-order valence-electron chi connectivity index (χ4n) is 0. The van der Waals surface area contributed by atoms with Gasteiger partial charge in [-0.25, -0.2) is 10.5 Å². The molecule has 0 bridgehead atoms. The van der Waals surface area contributed by atoms with Crippen molar-refractivity contribution in [1.29, 1.82) is 0 Å². The second-order valence-corrected chi connectivity index (χ2v) is 1.27. The van der Waals surface area contributed by atoms with Gasteiger partial charge in [0.2, 0.25) is 0 Å². The summed E-state index contributed by atoms with van der Waals surface area (Å²) in [5, 5.41) is 63.9. The zero-order valence-electron chi connectivity index (χ0n) is 19.6. The van der Waals surface area contributed by atoms with Crippen molar-refractivity contribution in [2.45, 2.75) is 0 Å². The van der Waals surface area contributed by atoms with Crippen molar-refractivity contribution >= 4 is 236 Å². The van der Waals surface area contributed by atoms with E-state index in [4.69, 9.17) is 80.3 Å². The summed E-state index contributed by atoms with van der Waals surface area (Å²) in [6.07, 6.45) is 0. The third-order valence-corrected chi connectivity index (χ3v) is 0.245. The van der Waals surface area contributed by atoms with E-state index >= 15 is 0 Å². The largest absolute Gasteiger partial charge is 2.00 e. The Morgan fingerprint density at radius 2 is 0.425 bits per heavy atom. The van der Waals surface area contributed by atoms with E-state index in [-0.39, 0.29) is 196 Å². The van der Waals surface area contributed by atoms with E-state index in [1.165, 1.54) is 0 Å². The summed E-state index contributed by atoms with van der Waals surface area (Å²) in [6.45, 7) is 4.85. The van der Waals surface area contributed by atoms with E-state index in [1.807, 2.05) is 0 Å². The van der Waals surface area contributed by atoms with Gasteiger partial charge in [-0.05, 0) is 12.9 Å². The van der Waals surface area contributed by atoms with Gasteiger partial charge in [-0.3, -0.25) is 0 Å². The smallest absolute Gasteiger partial charge is 0.870 e. The zero-order chi connectivity index (χ0) is 26.6. The molecule has 0 fully saturated rings.